The Morgan fingerprint density at radius 1 is 1.20 bits per heavy atom. The standard InChI is InChI=1S/C21H26F3N7S.CH3NO/c1-3-5-14-10-15-17(25-20(26-18(15)32-14)30-7-4-6-13(2)11-30)29-8-9-31-16(12-29)27-28-19(31)21(22,23)24;2-1-3/h10,13H,3-9,11-12H2,1-2H3;1H,(H2,2,3). The van der Waals surface area contributed by atoms with Crippen LogP contribution in [0.2, 0.25) is 0 Å². The Balaban J connectivity index is 0.000000917. The molecule has 0 aliphatic carbocycles. The normalized spacial score (nSPS) is 18.3. The van der Waals surface area contributed by atoms with Crippen LogP contribution in [0, 0.1) is 5.92 Å². The number of halogens is 3. The molecule has 5 rings (SSSR count). The zero-order chi connectivity index (χ0) is 25.2. The fraction of sp³-hybridized carbons (Fsp3) is 0.591. The van der Waals surface area contributed by atoms with E-state index in [1.807, 2.05) is 4.90 Å². The highest BCUT2D eigenvalue weighted by Gasteiger charge is 2.40. The average Bonchev–Trinajstić information content (AvgIpc) is 3.42. The number of carbonyl (C=O) groups is 1. The number of hydrogen-bond donors (Lipinski definition) is 1. The number of nitrogens with zero attached hydrogens (tertiary/aromatic N) is 7. The van der Waals surface area contributed by atoms with Gasteiger partial charge in [-0.15, -0.1) is 21.5 Å². The largest absolute Gasteiger partial charge is 0.451 e. The Morgan fingerprint density at radius 2 is 1.97 bits per heavy atom. The molecule has 1 saturated heterocycles. The molecule has 1 amide bonds. The highest BCUT2D eigenvalue weighted by Crippen LogP contribution is 2.36. The van der Waals surface area contributed by atoms with Crippen molar-refractivity contribution in [2.24, 2.45) is 11.7 Å². The molecule has 0 bridgehead atoms. The smallest absolute Gasteiger partial charge is 0.372 e. The molecule has 35 heavy (non-hydrogen) atoms. The predicted octanol–water partition coefficient (Wildman–Crippen LogP) is 3.61. The van der Waals surface area contributed by atoms with E-state index < -0.39 is 12.0 Å². The third kappa shape index (κ3) is 5.34. The van der Waals surface area contributed by atoms with Crippen LogP contribution in [0.1, 0.15) is 49.6 Å². The minimum atomic E-state index is -4.50. The SMILES string of the molecule is CCCc1cc2c(N3CCn4c(nnc4C(F)(F)F)C3)nc(N3CCCC(C)C3)nc2s1.NC=O. The Morgan fingerprint density at radius 3 is 2.66 bits per heavy atom. The van der Waals surface area contributed by atoms with Gasteiger partial charge < -0.3 is 20.1 Å². The Hall–Kier alpha value is -2.96. The fourth-order valence-corrected chi connectivity index (χ4v) is 5.74. The Bertz CT molecular complexity index is 1180. The summed E-state index contributed by atoms with van der Waals surface area (Å²) in [5.41, 5.74) is 4.17. The topological polar surface area (TPSA) is 106 Å². The maximum absolute atomic E-state index is 13.2. The van der Waals surface area contributed by atoms with Gasteiger partial charge in [-0.2, -0.15) is 18.2 Å². The molecule has 3 aromatic heterocycles. The van der Waals surface area contributed by atoms with Gasteiger partial charge in [0.1, 0.15) is 10.6 Å². The van der Waals surface area contributed by atoms with Crippen molar-refractivity contribution < 1.29 is 18.0 Å². The van der Waals surface area contributed by atoms with E-state index >= 15 is 0 Å². The van der Waals surface area contributed by atoms with Gasteiger partial charge in [-0.3, -0.25) is 4.79 Å². The van der Waals surface area contributed by atoms with Gasteiger partial charge in [-0.05, 0) is 31.2 Å². The zero-order valence-corrected chi connectivity index (χ0v) is 20.6. The Kier molecular flexibility index (Phi) is 7.43. The van der Waals surface area contributed by atoms with Gasteiger partial charge in [-0.1, -0.05) is 20.3 Å². The molecule has 9 nitrogen and oxygen atoms in total. The lowest BCUT2D eigenvalue weighted by Gasteiger charge is -2.33. The van der Waals surface area contributed by atoms with Crippen LogP contribution in [0.5, 0.6) is 0 Å². The van der Waals surface area contributed by atoms with Crippen LogP contribution in [0.3, 0.4) is 0 Å². The molecule has 2 N–H and O–H groups in total. The van der Waals surface area contributed by atoms with Crippen LogP contribution >= 0.6 is 11.3 Å². The van der Waals surface area contributed by atoms with Crippen molar-refractivity contribution in [3.8, 4) is 0 Å². The van der Waals surface area contributed by atoms with Crippen LogP contribution in [0.4, 0.5) is 24.9 Å². The van der Waals surface area contributed by atoms with E-state index in [-0.39, 0.29) is 19.5 Å². The number of hydrogen-bond acceptors (Lipinski definition) is 8. The van der Waals surface area contributed by atoms with Gasteiger partial charge >= 0.3 is 6.18 Å². The summed E-state index contributed by atoms with van der Waals surface area (Å²) < 4.78 is 40.9. The molecule has 2 aliphatic rings. The second-order valence-corrected chi connectivity index (χ2v) is 9.98. The third-order valence-corrected chi connectivity index (χ3v) is 7.24. The summed E-state index contributed by atoms with van der Waals surface area (Å²) in [6, 6.07) is 2.14. The second kappa shape index (κ2) is 10.3. The number of alkyl halides is 3. The number of nitrogens with two attached hydrogens (primary N) is 1. The van der Waals surface area contributed by atoms with Crippen LogP contribution in [-0.2, 0) is 30.5 Å². The van der Waals surface area contributed by atoms with Crippen molar-refractivity contribution in [3.63, 3.8) is 0 Å². The first-order valence-corrected chi connectivity index (χ1v) is 12.5. The van der Waals surface area contributed by atoms with Gasteiger partial charge in [0.05, 0.1) is 11.9 Å². The Labute approximate surface area is 205 Å². The highest BCUT2D eigenvalue weighted by atomic mass is 32.1. The molecule has 13 heteroatoms. The van der Waals surface area contributed by atoms with Gasteiger partial charge in [0.25, 0.3) is 0 Å². The monoisotopic (exact) mass is 510 g/mol. The van der Waals surface area contributed by atoms with Crippen molar-refractivity contribution in [1.82, 2.24) is 24.7 Å². The minimum Gasteiger partial charge on any atom is -0.372 e. The number of rotatable bonds is 4. The first kappa shape index (κ1) is 25.1. The molecule has 2 aliphatic heterocycles. The summed E-state index contributed by atoms with van der Waals surface area (Å²) in [6.07, 6.45) is 0.0696. The molecule has 0 radical (unpaired) electrons. The summed E-state index contributed by atoms with van der Waals surface area (Å²) in [4.78, 5) is 24.9. The molecule has 190 valence electrons. The first-order chi connectivity index (χ1) is 16.7. The number of anilines is 2. The molecule has 0 saturated carbocycles. The van der Waals surface area contributed by atoms with E-state index in [1.54, 1.807) is 11.3 Å². The van der Waals surface area contributed by atoms with Crippen molar-refractivity contribution in [1.29, 1.82) is 0 Å². The second-order valence-electron chi connectivity index (χ2n) is 8.87. The lowest BCUT2D eigenvalue weighted by molar-refractivity contribution is -0.147. The van der Waals surface area contributed by atoms with Crippen LogP contribution in [0.15, 0.2) is 6.07 Å². The van der Waals surface area contributed by atoms with Crippen molar-refractivity contribution in [2.75, 3.05) is 29.4 Å². The van der Waals surface area contributed by atoms with Gasteiger partial charge in [0.15, 0.2) is 5.82 Å². The van der Waals surface area contributed by atoms with Crippen LogP contribution in [-0.4, -0.2) is 50.8 Å². The summed E-state index contributed by atoms with van der Waals surface area (Å²) >= 11 is 1.69. The predicted molar refractivity (Wildman–Crippen MR) is 128 cm³/mol. The fourth-order valence-electron chi connectivity index (χ4n) is 4.62. The summed E-state index contributed by atoms with van der Waals surface area (Å²) in [6.45, 7) is 7.05. The third-order valence-electron chi connectivity index (χ3n) is 6.15. The van der Waals surface area contributed by atoms with E-state index in [0.29, 0.717) is 24.2 Å². The van der Waals surface area contributed by atoms with Crippen molar-refractivity contribution in [2.45, 2.75) is 58.8 Å². The van der Waals surface area contributed by atoms with Crippen LogP contribution in [0.25, 0.3) is 10.2 Å². The molecule has 0 aromatic carbocycles. The molecular weight excluding hydrogens is 481 g/mol. The molecule has 1 atom stereocenters. The average molecular weight is 511 g/mol. The molecule has 0 spiro atoms. The highest BCUT2D eigenvalue weighted by molar-refractivity contribution is 7.18. The lowest BCUT2D eigenvalue weighted by Crippen LogP contribution is -2.38. The molecule has 1 fully saturated rings. The van der Waals surface area contributed by atoms with Gasteiger partial charge in [0, 0.05) is 31.1 Å². The number of aryl methyl sites for hydroxylation is 1. The molecule has 3 aromatic rings. The van der Waals surface area contributed by atoms with E-state index in [0.717, 1.165) is 48.4 Å². The van der Waals surface area contributed by atoms with Crippen LogP contribution < -0.4 is 15.5 Å². The van der Waals surface area contributed by atoms with Gasteiger partial charge in [0.2, 0.25) is 18.2 Å². The minimum absolute atomic E-state index is 0.171. The molecule has 5 heterocycles. The molecule has 1 unspecified atom stereocenters. The van der Waals surface area contributed by atoms with E-state index in [2.05, 4.69) is 40.7 Å². The lowest BCUT2D eigenvalue weighted by atomic mass is 10.0. The summed E-state index contributed by atoms with van der Waals surface area (Å²) in [5.74, 6) is 1.47. The van der Waals surface area contributed by atoms with E-state index in [4.69, 9.17) is 14.8 Å². The quantitative estimate of drug-likeness (QED) is 0.535. The van der Waals surface area contributed by atoms with Crippen molar-refractivity contribution in [3.05, 3.63) is 22.6 Å². The van der Waals surface area contributed by atoms with Gasteiger partial charge in [-0.25, -0.2) is 4.98 Å². The summed E-state index contributed by atoms with van der Waals surface area (Å²) in [7, 11) is 0. The maximum Gasteiger partial charge on any atom is 0.451 e. The number of primary amides is 1. The number of fused-ring (bicyclic) bond motifs is 2. The summed E-state index contributed by atoms with van der Waals surface area (Å²) in [5, 5.41) is 8.21. The van der Waals surface area contributed by atoms with Crippen molar-refractivity contribution >= 4 is 39.7 Å². The van der Waals surface area contributed by atoms with E-state index in [1.165, 1.54) is 15.9 Å². The maximum atomic E-state index is 13.2. The first-order valence-electron chi connectivity index (χ1n) is 11.7. The van der Waals surface area contributed by atoms with E-state index in [9.17, 15) is 13.2 Å². The number of carbonyl (C=O) groups excluding carboxylic acids is 1. The zero-order valence-electron chi connectivity index (χ0n) is 19.8. The number of piperidine rings is 1. The number of amides is 1. The molecular formula is C22H29F3N8OS. The number of thiophene rings is 1. The number of aromatic nitrogens is 5.